The Labute approximate surface area is 189 Å². The highest BCUT2D eigenvalue weighted by Crippen LogP contribution is 2.28. The summed E-state index contributed by atoms with van der Waals surface area (Å²) in [5.74, 6) is -1.75. The van der Waals surface area contributed by atoms with Crippen molar-refractivity contribution in [1.29, 1.82) is 0 Å². The maximum absolute atomic E-state index is 13.1. The maximum atomic E-state index is 13.1. The number of hydrogen-bond donors (Lipinski definition) is 1. The van der Waals surface area contributed by atoms with Gasteiger partial charge in [-0.3, -0.25) is 14.9 Å². The zero-order chi connectivity index (χ0) is 23.4. The second-order valence-electron chi connectivity index (χ2n) is 7.07. The monoisotopic (exact) mass is 456 g/mol. The van der Waals surface area contributed by atoms with Crippen LogP contribution in [-0.4, -0.2) is 36.5 Å². The molecule has 0 bridgehead atoms. The predicted octanol–water partition coefficient (Wildman–Crippen LogP) is 3.97. The lowest BCUT2D eigenvalue weighted by atomic mass is 10.1. The van der Waals surface area contributed by atoms with Gasteiger partial charge in [0.25, 0.3) is 11.8 Å². The van der Waals surface area contributed by atoms with Gasteiger partial charge in [-0.25, -0.2) is 14.5 Å². The topological polar surface area (TPSA) is 102 Å². The van der Waals surface area contributed by atoms with Crippen molar-refractivity contribution < 1.29 is 28.7 Å². The molecule has 9 heteroatoms. The van der Waals surface area contributed by atoms with Crippen LogP contribution in [0.3, 0.4) is 0 Å². The van der Waals surface area contributed by atoms with Crippen LogP contribution in [0.1, 0.15) is 36.7 Å². The molecule has 8 nitrogen and oxygen atoms in total. The van der Waals surface area contributed by atoms with E-state index in [0.29, 0.717) is 16.3 Å². The number of carbonyl (C=O) groups is 4. The molecule has 0 radical (unpaired) electrons. The minimum absolute atomic E-state index is 0.153. The van der Waals surface area contributed by atoms with Crippen molar-refractivity contribution in [3.05, 3.63) is 64.2 Å². The number of halogens is 1. The summed E-state index contributed by atoms with van der Waals surface area (Å²) in [6.45, 7) is 5.58. The van der Waals surface area contributed by atoms with E-state index >= 15 is 0 Å². The van der Waals surface area contributed by atoms with E-state index in [0.717, 1.165) is 4.90 Å². The predicted molar refractivity (Wildman–Crippen MR) is 119 cm³/mol. The van der Waals surface area contributed by atoms with Crippen LogP contribution in [-0.2, 0) is 14.3 Å². The van der Waals surface area contributed by atoms with Crippen LogP contribution in [0.5, 0.6) is 5.75 Å². The molecule has 3 rings (SSSR count). The van der Waals surface area contributed by atoms with E-state index in [1.807, 2.05) is 13.8 Å². The first-order valence-electron chi connectivity index (χ1n) is 9.86. The van der Waals surface area contributed by atoms with Crippen molar-refractivity contribution in [3.63, 3.8) is 0 Å². The quantitative estimate of drug-likeness (QED) is 0.401. The third-order valence-electron chi connectivity index (χ3n) is 4.37. The first-order chi connectivity index (χ1) is 15.2. The highest BCUT2D eigenvalue weighted by atomic mass is 35.5. The number of nitrogens with zero attached hydrogens (tertiary/aromatic N) is 1. The van der Waals surface area contributed by atoms with E-state index in [2.05, 4.69) is 5.32 Å². The van der Waals surface area contributed by atoms with Crippen LogP contribution in [0.25, 0.3) is 6.08 Å². The first-order valence-corrected chi connectivity index (χ1v) is 10.2. The number of anilines is 1. The molecular formula is C23H21ClN2O6. The summed E-state index contributed by atoms with van der Waals surface area (Å²) in [6, 6.07) is 9.63. The zero-order valence-electron chi connectivity index (χ0n) is 17.7. The Hall–Kier alpha value is -3.65. The maximum Gasteiger partial charge on any atom is 0.338 e. The molecule has 1 aliphatic rings. The van der Waals surface area contributed by atoms with Crippen LogP contribution in [0.15, 0.2) is 48.0 Å². The zero-order valence-corrected chi connectivity index (χ0v) is 18.4. The summed E-state index contributed by atoms with van der Waals surface area (Å²) >= 11 is 6.08. The lowest BCUT2D eigenvalue weighted by Crippen LogP contribution is -2.54. The van der Waals surface area contributed by atoms with Crippen molar-refractivity contribution in [3.8, 4) is 5.75 Å². The average Bonchev–Trinajstić information content (AvgIpc) is 2.73. The number of barbiturate groups is 1. The molecule has 166 valence electrons. The minimum atomic E-state index is -0.897. The fraction of sp³-hybridized carbons (Fsp3) is 0.217. The molecule has 1 fully saturated rings. The van der Waals surface area contributed by atoms with Gasteiger partial charge in [0, 0.05) is 10.6 Å². The summed E-state index contributed by atoms with van der Waals surface area (Å²) in [7, 11) is 0. The molecule has 0 aliphatic carbocycles. The molecule has 2 aromatic carbocycles. The van der Waals surface area contributed by atoms with Gasteiger partial charge in [-0.05, 0) is 69.3 Å². The first kappa shape index (κ1) is 23.0. The van der Waals surface area contributed by atoms with Gasteiger partial charge in [-0.15, -0.1) is 0 Å². The molecule has 1 N–H and O–H groups in total. The number of nitrogens with one attached hydrogen (secondary N) is 1. The Balaban J connectivity index is 1.97. The summed E-state index contributed by atoms with van der Waals surface area (Å²) in [5, 5.41) is 2.54. The van der Waals surface area contributed by atoms with Crippen LogP contribution >= 0.6 is 11.6 Å². The number of imide groups is 2. The van der Waals surface area contributed by atoms with Crippen molar-refractivity contribution >= 4 is 47.2 Å². The van der Waals surface area contributed by atoms with Crippen molar-refractivity contribution in [2.45, 2.75) is 26.9 Å². The fourth-order valence-corrected chi connectivity index (χ4v) is 3.18. The van der Waals surface area contributed by atoms with Crippen LogP contribution in [0.2, 0.25) is 5.02 Å². The number of amides is 4. The lowest BCUT2D eigenvalue weighted by Gasteiger charge is -2.26. The third-order valence-corrected chi connectivity index (χ3v) is 4.61. The number of esters is 1. The largest absolute Gasteiger partial charge is 0.490 e. The van der Waals surface area contributed by atoms with E-state index in [1.54, 1.807) is 25.1 Å². The molecular weight excluding hydrogens is 436 g/mol. The van der Waals surface area contributed by atoms with Gasteiger partial charge in [0.2, 0.25) is 0 Å². The summed E-state index contributed by atoms with van der Waals surface area (Å²) in [6.07, 6.45) is 1.17. The van der Waals surface area contributed by atoms with Gasteiger partial charge in [-0.1, -0.05) is 11.6 Å². The van der Waals surface area contributed by atoms with E-state index < -0.39 is 23.8 Å². The molecule has 0 aromatic heterocycles. The Morgan fingerprint density at radius 3 is 2.44 bits per heavy atom. The second-order valence-corrected chi connectivity index (χ2v) is 7.51. The molecule has 32 heavy (non-hydrogen) atoms. The molecule has 2 aromatic rings. The summed E-state index contributed by atoms with van der Waals surface area (Å²) in [4.78, 5) is 50.6. The Morgan fingerprint density at radius 1 is 1.12 bits per heavy atom. The number of rotatable bonds is 6. The number of urea groups is 1. The smallest absolute Gasteiger partial charge is 0.338 e. The SMILES string of the molecule is CCOC(=O)c1ccc(N2C(=O)NC(=O)/C(=C\c3cc(Cl)ccc3OC(C)C)C2=O)cc1. The van der Waals surface area contributed by atoms with Gasteiger partial charge in [0.05, 0.1) is 24.0 Å². The Bertz CT molecular complexity index is 1110. The fourth-order valence-electron chi connectivity index (χ4n) is 3.00. The summed E-state index contributed by atoms with van der Waals surface area (Å²) in [5.41, 5.74) is 0.594. The molecule has 1 aliphatic heterocycles. The minimum Gasteiger partial charge on any atom is -0.490 e. The van der Waals surface area contributed by atoms with Crippen LogP contribution in [0.4, 0.5) is 10.5 Å². The normalized spacial score (nSPS) is 15.2. The molecule has 0 unspecified atom stereocenters. The molecule has 1 heterocycles. The van der Waals surface area contributed by atoms with Crippen molar-refractivity contribution in [2.75, 3.05) is 11.5 Å². The Morgan fingerprint density at radius 2 is 1.81 bits per heavy atom. The number of ether oxygens (including phenoxy) is 2. The highest BCUT2D eigenvalue weighted by molar-refractivity contribution is 6.39. The van der Waals surface area contributed by atoms with Crippen LogP contribution < -0.4 is 15.0 Å². The van der Waals surface area contributed by atoms with Gasteiger partial charge in [0.15, 0.2) is 0 Å². The second kappa shape index (κ2) is 9.65. The van der Waals surface area contributed by atoms with Crippen molar-refractivity contribution in [1.82, 2.24) is 5.32 Å². The van der Waals surface area contributed by atoms with Gasteiger partial charge in [-0.2, -0.15) is 0 Å². The standard InChI is InChI=1S/C23H21ClN2O6/c1-4-31-22(29)14-5-8-17(9-6-14)26-21(28)18(20(27)25-23(26)30)12-15-11-16(24)7-10-19(15)32-13(2)3/h5-13H,4H2,1-3H3,(H,25,27,30)/b18-12+. The highest BCUT2D eigenvalue weighted by Gasteiger charge is 2.37. The average molecular weight is 457 g/mol. The molecule has 0 atom stereocenters. The van der Waals surface area contributed by atoms with Gasteiger partial charge < -0.3 is 9.47 Å². The van der Waals surface area contributed by atoms with E-state index in [-0.39, 0.29) is 29.5 Å². The Kier molecular flexibility index (Phi) is 6.95. The molecule has 4 amide bonds. The molecule has 0 spiro atoms. The van der Waals surface area contributed by atoms with E-state index in [4.69, 9.17) is 21.1 Å². The molecule has 1 saturated heterocycles. The van der Waals surface area contributed by atoms with E-state index in [1.165, 1.54) is 30.3 Å². The van der Waals surface area contributed by atoms with Crippen LogP contribution in [0, 0.1) is 0 Å². The lowest BCUT2D eigenvalue weighted by molar-refractivity contribution is -0.122. The van der Waals surface area contributed by atoms with E-state index in [9.17, 15) is 19.2 Å². The number of benzene rings is 2. The summed E-state index contributed by atoms with van der Waals surface area (Å²) < 4.78 is 10.7. The molecule has 0 saturated carbocycles. The van der Waals surface area contributed by atoms with Crippen molar-refractivity contribution in [2.24, 2.45) is 0 Å². The number of carbonyl (C=O) groups excluding carboxylic acids is 4. The van der Waals surface area contributed by atoms with Gasteiger partial charge >= 0.3 is 12.0 Å². The van der Waals surface area contributed by atoms with Gasteiger partial charge in [0.1, 0.15) is 11.3 Å². The third kappa shape index (κ3) is 4.97. The number of hydrogen-bond acceptors (Lipinski definition) is 6.